The van der Waals surface area contributed by atoms with Gasteiger partial charge in [0.1, 0.15) is 11.4 Å². The predicted octanol–water partition coefficient (Wildman–Crippen LogP) is 2.50. The topological polar surface area (TPSA) is 56.8 Å². The first-order valence-electron chi connectivity index (χ1n) is 7.47. The molecule has 3 rings (SSSR count). The maximum Gasteiger partial charge on any atom is 0.252 e. The molecule has 0 unspecified atom stereocenters. The van der Waals surface area contributed by atoms with Crippen molar-refractivity contribution in [1.29, 1.82) is 0 Å². The summed E-state index contributed by atoms with van der Waals surface area (Å²) in [4.78, 5) is 12.6. The molecule has 0 atom stereocenters. The molecule has 1 aliphatic heterocycles. The molecule has 24 heavy (non-hydrogen) atoms. The molecule has 1 amide bonds. The number of rotatable bonds is 5. The van der Waals surface area contributed by atoms with Crippen LogP contribution in [0, 0.1) is 5.82 Å². The zero-order chi connectivity index (χ0) is 17.2. The minimum Gasteiger partial charge on any atom is -0.493 e. The van der Waals surface area contributed by atoms with Gasteiger partial charge in [-0.25, -0.2) is 4.39 Å². The molecule has 5 nitrogen and oxygen atoms in total. The number of carbonyl (C=O) groups excluding carboxylic acids is 1. The first-order valence-corrected chi connectivity index (χ1v) is 7.47. The van der Waals surface area contributed by atoms with Gasteiger partial charge in [0.05, 0.1) is 27.4 Å². The lowest BCUT2D eigenvalue weighted by molar-refractivity contribution is -0.0749. The Morgan fingerprint density at radius 1 is 1.12 bits per heavy atom. The van der Waals surface area contributed by atoms with Crippen LogP contribution in [-0.2, 0) is 10.3 Å². The Bertz CT molecular complexity index is 758. The zero-order valence-corrected chi connectivity index (χ0v) is 13.5. The van der Waals surface area contributed by atoms with Crippen LogP contribution >= 0.6 is 0 Å². The summed E-state index contributed by atoms with van der Waals surface area (Å²) in [6.45, 7) is 0.458. The van der Waals surface area contributed by atoms with Crippen LogP contribution in [-0.4, -0.2) is 33.3 Å². The number of nitrogens with one attached hydrogen (secondary N) is 1. The number of ether oxygens (including phenoxy) is 3. The van der Waals surface area contributed by atoms with E-state index in [4.69, 9.17) is 14.2 Å². The molecule has 1 N–H and O–H groups in total. The van der Waals surface area contributed by atoms with Gasteiger partial charge in [-0.3, -0.25) is 4.79 Å². The van der Waals surface area contributed by atoms with Crippen molar-refractivity contribution < 1.29 is 23.4 Å². The van der Waals surface area contributed by atoms with Crippen LogP contribution in [0.5, 0.6) is 11.5 Å². The van der Waals surface area contributed by atoms with Crippen molar-refractivity contribution >= 4 is 5.91 Å². The largest absolute Gasteiger partial charge is 0.493 e. The summed E-state index contributed by atoms with van der Waals surface area (Å²) in [7, 11) is 3.02. The van der Waals surface area contributed by atoms with E-state index in [1.54, 1.807) is 36.4 Å². The number of halogens is 1. The van der Waals surface area contributed by atoms with Crippen molar-refractivity contribution in [2.24, 2.45) is 0 Å². The van der Waals surface area contributed by atoms with Crippen LogP contribution in [0.4, 0.5) is 4.39 Å². The van der Waals surface area contributed by atoms with Crippen LogP contribution in [0.15, 0.2) is 42.5 Å². The fourth-order valence-corrected chi connectivity index (χ4v) is 2.72. The molecule has 6 heteroatoms. The number of carbonyl (C=O) groups is 1. The zero-order valence-electron chi connectivity index (χ0n) is 13.5. The molecule has 0 aliphatic carbocycles. The lowest BCUT2D eigenvalue weighted by Gasteiger charge is -2.42. The minimum atomic E-state index is -0.852. The molecule has 126 valence electrons. The lowest BCUT2D eigenvalue weighted by Crippen LogP contribution is -2.59. The van der Waals surface area contributed by atoms with Crippen LogP contribution in [0.25, 0.3) is 0 Å². The van der Waals surface area contributed by atoms with E-state index in [9.17, 15) is 9.18 Å². The molecule has 0 saturated carbocycles. The van der Waals surface area contributed by atoms with Gasteiger partial charge < -0.3 is 19.5 Å². The highest BCUT2D eigenvalue weighted by molar-refractivity contribution is 5.95. The standard InChI is InChI=1S/C18H18FNO4/c1-22-15-8-7-12(9-16(15)23-2)17(21)20-18(10-24-11-18)13-5-3-4-6-14(13)19/h3-9H,10-11H2,1-2H3,(H,20,21). The number of amides is 1. The van der Waals surface area contributed by atoms with E-state index in [-0.39, 0.29) is 24.9 Å². The summed E-state index contributed by atoms with van der Waals surface area (Å²) in [6, 6.07) is 11.3. The highest BCUT2D eigenvalue weighted by Gasteiger charge is 2.43. The average molecular weight is 331 g/mol. The quantitative estimate of drug-likeness (QED) is 0.915. The third kappa shape index (κ3) is 2.80. The third-order valence-corrected chi connectivity index (χ3v) is 4.08. The van der Waals surface area contributed by atoms with Crippen LogP contribution in [0.2, 0.25) is 0 Å². The van der Waals surface area contributed by atoms with Gasteiger partial charge in [0.2, 0.25) is 0 Å². The molecule has 0 radical (unpaired) electrons. The molecule has 2 aromatic rings. The van der Waals surface area contributed by atoms with Crippen molar-refractivity contribution in [3.05, 3.63) is 59.4 Å². The Hall–Kier alpha value is -2.60. The van der Waals surface area contributed by atoms with Gasteiger partial charge in [0.25, 0.3) is 5.91 Å². The molecule has 1 saturated heterocycles. The van der Waals surface area contributed by atoms with E-state index < -0.39 is 5.54 Å². The molecule has 0 aromatic heterocycles. The Morgan fingerprint density at radius 2 is 1.83 bits per heavy atom. The highest BCUT2D eigenvalue weighted by atomic mass is 19.1. The van der Waals surface area contributed by atoms with Crippen molar-refractivity contribution in [2.45, 2.75) is 5.54 Å². The van der Waals surface area contributed by atoms with Gasteiger partial charge in [-0.15, -0.1) is 0 Å². The van der Waals surface area contributed by atoms with E-state index in [1.165, 1.54) is 20.3 Å². The van der Waals surface area contributed by atoms with Crippen LogP contribution < -0.4 is 14.8 Å². The first kappa shape index (κ1) is 16.3. The summed E-state index contributed by atoms with van der Waals surface area (Å²) in [5, 5.41) is 2.89. The Morgan fingerprint density at radius 3 is 2.42 bits per heavy atom. The molecule has 2 aromatic carbocycles. The van der Waals surface area contributed by atoms with E-state index in [0.29, 0.717) is 22.6 Å². The predicted molar refractivity (Wildman–Crippen MR) is 85.9 cm³/mol. The van der Waals surface area contributed by atoms with Crippen molar-refractivity contribution in [1.82, 2.24) is 5.32 Å². The van der Waals surface area contributed by atoms with E-state index in [2.05, 4.69) is 5.32 Å². The van der Waals surface area contributed by atoms with E-state index >= 15 is 0 Å². The first-order chi connectivity index (χ1) is 11.6. The molecule has 1 fully saturated rings. The minimum absolute atomic E-state index is 0.229. The Kier molecular flexibility index (Phi) is 4.40. The van der Waals surface area contributed by atoms with Crippen LogP contribution in [0.1, 0.15) is 15.9 Å². The third-order valence-electron chi connectivity index (χ3n) is 4.08. The summed E-state index contributed by atoms with van der Waals surface area (Å²) in [5.41, 5.74) is -0.0318. The average Bonchev–Trinajstić information content (AvgIpc) is 2.58. The van der Waals surface area contributed by atoms with Gasteiger partial charge in [-0.1, -0.05) is 18.2 Å². The van der Waals surface area contributed by atoms with E-state index in [1.807, 2.05) is 0 Å². The number of hydrogen-bond donors (Lipinski definition) is 1. The molecule has 1 aliphatic rings. The second kappa shape index (κ2) is 6.49. The SMILES string of the molecule is COc1ccc(C(=O)NC2(c3ccccc3F)COC2)cc1OC. The maximum absolute atomic E-state index is 14.1. The van der Waals surface area contributed by atoms with Gasteiger partial charge >= 0.3 is 0 Å². The number of methoxy groups -OCH3 is 2. The normalized spacial score (nSPS) is 15.3. The fourth-order valence-electron chi connectivity index (χ4n) is 2.72. The summed E-state index contributed by atoms with van der Waals surface area (Å²) in [6.07, 6.45) is 0. The second-order valence-electron chi connectivity index (χ2n) is 5.58. The molecule has 0 spiro atoms. The van der Waals surface area contributed by atoms with Crippen molar-refractivity contribution in [2.75, 3.05) is 27.4 Å². The van der Waals surface area contributed by atoms with Crippen molar-refractivity contribution in [3.8, 4) is 11.5 Å². The van der Waals surface area contributed by atoms with Crippen molar-refractivity contribution in [3.63, 3.8) is 0 Å². The maximum atomic E-state index is 14.1. The molecular weight excluding hydrogens is 313 g/mol. The highest BCUT2D eigenvalue weighted by Crippen LogP contribution is 2.33. The molecular formula is C18H18FNO4. The van der Waals surface area contributed by atoms with Gasteiger partial charge in [-0.2, -0.15) is 0 Å². The van der Waals surface area contributed by atoms with Gasteiger partial charge in [0.15, 0.2) is 11.5 Å². The summed E-state index contributed by atoms with van der Waals surface area (Å²) >= 11 is 0. The molecule has 1 heterocycles. The van der Waals surface area contributed by atoms with Gasteiger partial charge in [0, 0.05) is 11.1 Å². The number of hydrogen-bond acceptors (Lipinski definition) is 4. The fraction of sp³-hybridized carbons (Fsp3) is 0.278. The van der Waals surface area contributed by atoms with E-state index in [0.717, 1.165) is 0 Å². The summed E-state index contributed by atoms with van der Waals surface area (Å²) in [5.74, 6) is 0.288. The van der Waals surface area contributed by atoms with Gasteiger partial charge in [-0.05, 0) is 24.3 Å². The smallest absolute Gasteiger partial charge is 0.252 e. The number of benzene rings is 2. The monoisotopic (exact) mass is 331 g/mol. The Labute approximate surface area is 139 Å². The van der Waals surface area contributed by atoms with Crippen LogP contribution in [0.3, 0.4) is 0 Å². The second-order valence-corrected chi connectivity index (χ2v) is 5.58. The summed E-state index contributed by atoms with van der Waals surface area (Å²) < 4.78 is 29.7. The molecule has 0 bridgehead atoms. The lowest BCUT2D eigenvalue weighted by atomic mass is 9.87. The Balaban J connectivity index is 1.87.